The molecule has 2 aromatic carbocycles. The van der Waals surface area contributed by atoms with Crippen molar-refractivity contribution >= 4 is 21.8 Å². The Morgan fingerprint density at radius 3 is 2.45 bits per heavy atom. The van der Waals surface area contributed by atoms with Crippen molar-refractivity contribution in [1.82, 2.24) is 4.72 Å². The van der Waals surface area contributed by atoms with Gasteiger partial charge in [-0.1, -0.05) is 31.2 Å². The number of phenols is 1. The summed E-state index contributed by atoms with van der Waals surface area (Å²) in [4.78, 5) is 0. The third-order valence-electron chi connectivity index (χ3n) is 3.38. The van der Waals surface area contributed by atoms with Gasteiger partial charge >= 0.3 is 0 Å². The molecule has 0 spiro atoms. The Morgan fingerprint density at radius 2 is 1.75 bits per heavy atom. The van der Waals surface area contributed by atoms with Gasteiger partial charge in [-0.3, -0.25) is 0 Å². The van der Waals surface area contributed by atoms with Gasteiger partial charge in [0.05, 0.1) is 11.0 Å². The minimum absolute atomic E-state index is 0.127. The molecule has 108 valence electrons. The number of aromatic hydroxyl groups is 1. The zero-order chi connectivity index (χ0) is 14.7. The van der Waals surface area contributed by atoms with Crippen molar-refractivity contribution in [3.8, 4) is 5.75 Å². The average molecular weight is 291 g/mol. The third-order valence-corrected chi connectivity index (χ3v) is 4.68. The van der Waals surface area contributed by atoms with E-state index in [4.69, 9.17) is 0 Å². The van der Waals surface area contributed by atoms with Crippen LogP contribution in [0.15, 0.2) is 36.4 Å². The normalized spacial score (nSPS) is 14.6. The molecule has 0 aliphatic heterocycles. The van der Waals surface area contributed by atoms with Gasteiger partial charge in [-0.25, -0.2) is 8.93 Å². The molecule has 2 aromatic rings. The summed E-state index contributed by atoms with van der Waals surface area (Å²) in [5.74, 6) is 0.572. The zero-order valence-corrected chi connectivity index (χ0v) is 12.9. The first-order valence-corrected chi connectivity index (χ1v) is 8.05. The zero-order valence-electron chi connectivity index (χ0n) is 12.1. The molecule has 2 N–H and O–H groups in total. The molecule has 4 heteroatoms. The van der Waals surface area contributed by atoms with Crippen molar-refractivity contribution in [2.75, 3.05) is 6.54 Å². The summed E-state index contributed by atoms with van der Waals surface area (Å²) in [7, 11) is -0.979. The molecule has 0 saturated heterocycles. The van der Waals surface area contributed by atoms with Crippen molar-refractivity contribution in [2.45, 2.75) is 31.9 Å². The summed E-state index contributed by atoms with van der Waals surface area (Å²) in [6, 6.07) is 11.6. The van der Waals surface area contributed by atoms with Gasteiger partial charge in [0.2, 0.25) is 0 Å². The molecular formula is C16H21NO2S. The molecule has 0 bridgehead atoms. The third kappa shape index (κ3) is 3.58. The van der Waals surface area contributed by atoms with Gasteiger partial charge < -0.3 is 5.11 Å². The van der Waals surface area contributed by atoms with E-state index in [1.54, 1.807) is 12.1 Å². The first-order chi connectivity index (χ1) is 9.47. The number of phenolic OH excluding ortho intramolecular Hbond substituents is 1. The fourth-order valence-corrected chi connectivity index (χ4v) is 2.80. The van der Waals surface area contributed by atoms with Gasteiger partial charge in [-0.2, -0.15) is 0 Å². The van der Waals surface area contributed by atoms with Crippen LogP contribution in [0.3, 0.4) is 0 Å². The molecule has 0 fully saturated rings. The summed E-state index contributed by atoms with van der Waals surface area (Å²) in [5.41, 5.74) is 1.21. The van der Waals surface area contributed by atoms with Gasteiger partial charge in [0.1, 0.15) is 5.75 Å². The predicted molar refractivity (Wildman–Crippen MR) is 85.3 cm³/mol. The van der Waals surface area contributed by atoms with Crippen LogP contribution in [0.25, 0.3) is 10.8 Å². The summed E-state index contributed by atoms with van der Waals surface area (Å²) in [6.07, 6.45) is 0. The SMILES string of the molecule is CC(CNS(=O)C(C)C)c1ccc2cc(O)ccc2c1. The van der Waals surface area contributed by atoms with Crippen LogP contribution >= 0.6 is 0 Å². The molecule has 0 aromatic heterocycles. The first kappa shape index (κ1) is 15.0. The van der Waals surface area contributed by atoms with Crippen LogP contribution in [0, 0.1) is 0 Å². The van der Waals surface area contributed by atoms with Crippen LogP contribution < -0.4 is 4.72 Å². The largest absolute Gasteiger partial charge is 0.508 e. The van der Waals surface area contributed by atoms with E-state index in [-0.39, 0.29) is 16.9 Å². The number of hydrogen-bond acceptors (Lipinski definition) is 2. The summed E-state index contributed by atoms with van der Waals surface area (Å²) in [6.45, 7) is 6.69. The van der Waals surface area contributed by atoms with E-state index in [1.165, 1.54) is 5.56 Å². The molecule has 0 amide bonds. The van der Waals surface area contributed by atoms with Gasteiger partial charge in [-0.15, -0.1) is 0 Å². The van der Waals surface area contributed by atoms with E-state index >= 15 is 0 Å². The van der Waals surface area contributed by atoms with E-state index in [1.807, 2.05) is 26.0 Å². The lowest BCUT2D eigenvalue weighted by Gasteiger charge is -2.15. The summed E-state index contributed by atoms with van der Waals surface area (Å²) < 4.78 is 14.8. The smallest absolute Gasteiger partial charge is 0.116 e. The highest BCUT2D eigenvalue weighted by atomic mass is 32.2. The van der Waals surface area contributed by atoms with Gasteiger partial charge in [0, 0.05) is 11.8 Å². The van der Waals surface area contributed by atoms with Crippen molar-refractivity contribution in [1.29, 1.82) is 0 Å². The lowest BCUT2D eigenvalue weighted by Crippen LogP contribution is -2.27. The van der Waals surface area contributed by atoms with Gasteiger partial charge in [0.15, 0.2) is 0 Å². The minimum atomic E-state index is -0.979. The molecule has 0 heterocycles. The Labute approximate surface area is 122 Å². The Balaban J connectivity index is 2.12. The molecule has 0 saturated carbocycles. The highest BCUT2D eigenvalue weighted by Gasteiger charge is 2.10. The van der Waals surface area contributed by atoms with E-state index in [9.17, 15) is 9.32 Å². The first-order valence-electron chi connectivity index (χ1n) is 6.84. The van der Waals surface area contributed by atoms with Crippen molar-refractivity contribution in [3.63, 3.8) is 0 Å². The molecule has 2 atom stereocenters. The molecule has 0 aliphatic rings. The van der Waals surface area contributed by atoms with Crippen LogP contribution in [0.4, 0.5) is 0 Å². The summed E-state index contributed by atoms with van der Waals surface area (Å²) >= 11 is 0. The van der Waals surface area contributed by atoms with E-state index < -0.39 is 11.0 Å². The molecule has 20 heavy (non-hydrogen) atoms. The fourth-order valence-electron chi connectivity index (χ4n) is 2.05. The molecule has 0 radical (unpaired) electrons. The Bertz CT molecular complexity index is 625. The molecule has 2 rings (SSSR count). The highest BCUT2D eigenvalue weighted by molar-refractivity contribution is 7.83. The number of nitrogens with one attached hydrogen (secondary N) is 1. The molecule has 0 aliphatic carbocycles. The number of hydrogen-bond donors (Lipinski definition) is 2. The predicted octanol–water partition coefficient (Wildman–Crippen LogP) is 3.31. The van der Waals surface area contributed by atoms with Crippen LogP contribution in [0.5, 0.6) is 5.75 Å². The van der Waals surface area contributed by atoms with Crippen LogP contribution in [-0.2, 0) is 11.0 Å². The van der Waals surface area contributed by atoms with Crippen LogP contribution in [0.2, 0.25) is 0 Å². The van der Waals surface area contributed by atoms with Crippen molar-refractivity contribution in [2.24, 2.45) is 0 Å². The standard InChI is InChI=1S/C16H21NO2S/c1-11(2)20(19)17-10-12(3)13-4-5-15-9-16(18)7-6-14(15)8-13/h4-9,11-12,17-18H,10H2,1-3H3. The number of benzene rings is 2. The van der Waals surface area contributed by atoms with Gasteiger partial charge in [0.25, 0.3) is 0 Å². The van der Waals surface area contributed by atoms with E-state index in [2.05, 4.69) is 23.8 Å². The lowest BCUT2D eigenvalue weighted by molar-refractivity contribution is 0.476. The van der Waals surface area contributed by atoms with Crippen LogP contribution in [-0.4, -0.2) is 21.1 Å². The van der Waals surface area contributed by atoms with Gasteiger partial charge in [-0.05, 0) is 48.2 Å². The maximum absolute atomic E-state index is 11.7. The van der Waals surface area contributed by atoms with Crippen molar-refractivity contribution in [3.05, 3.63) is 42.0 Å². The lowest BCUT2D eigenvalue weighted by atomic mass is 9.98. The fraction of sp³-hybridized carbons (Fsp3) is 0.375. The quantitative estimate of drug-likeness (QED) is 0.888. The number of rotatable bonds is 5. The van der Waals surface area contributed by atoms with E-state index in [0.29, 0.717) is 6.54 Å². The maximum atomic E-state index is 11.7. The number of fused-ring (bicyclic) bond motifs is 1. The molecule has 3 nitrogen and oxygen atoms in total. The average Bonchev–Trinajstić information content (AvgIpc) is 2.43. The van der Waals surface area contributed by atoms with Crippen molar-refractivity contribution < 1.29 is 9.32 Å². The summed E-state index contributed by atoms with van der Waals surface area (Å²) in [5, 5.41) is 11.7. The maximum Gasteiger partial charge on any atom is 0.116 e. The van der Waals surface area contributed by atoms with Crippen LogP contribution in [0.1, 0.15) is 32.3 Å². The topological polar surface area (TPSA) is 49.3 Å². The monoisotopic (exact) mass is 291 g/mol. The Hall–Kier alpha value is -1.39. The second kappa shape index (κ2) is 6.37. The highest BCUT2D eigenvalue weighted by Crippen LogP contribution is 2.24. The Morgan fingerprint density at radius 1 is 1.10 bits per heavy atom. The second-order valence-corrected chi connectivity index (χ2v) is 7.21. The minimum Gasteiger partial charge on any atom is -0.508 e. The second-order valence-electron chi connectivity index (χ2n) is 5.39. The molecule has 2 unspecified atom stereocenters. The van der Waals surface area contributed by atoms with E-state index in [0.717, 1.165) is 10.8 Å². The Kier molecular flexibility index (Phi) is 4.78. The molecular weight excluding hydrogens is 270 g/mol.